The lowest BCUT2D eigenvalue weighted by Gasteiger charge is -2.10. The monoisotopic (exact) mass is 396 g/mol. The average molecular weight is 397 g/mol. The van der Waals surface area contributed by atoms with Gasteiger partial charge in [0.05, 0.1) is 12.9 Å². The van der Waals surface area contributed by atoms with Crippen LogP contribution in [0.15, 0.2) is 53.7 Å². The highest BCUT2D eigenvalue weighted by molar-refractivity contribution is 7.99. The van der Waals surface area contributed by atoms with Crippen molar-refractivity contribution in [3.05, 3.63) is 59.9 Å². The predicted octanol–water partition coefficient (Wildman–Crippen LogP) is 4.44. The zero-order valence-corrected chi connectivity index (χ0v) is 17.3. The predicted molar refractivity (Wildman–Crippen MR) is 113 cm³/mol. The molecule has 0 saturated carbocycles. The van der Waals surface area contributed by atoms with Crippen LogP contribution in [0.3, 0.4) is 0 Å². The lowest BCUT2D eigenvalue weighted by atomic mass is 10.0. The molecule has 1 amide bonds. The van der Waals surface area contributed by atoms with Gasteiger partial charge < -0.3 is 10.1 Å². The van der Waals surface area contributed by atoms with Crippen LogP contribution in [0.5, 0.6) is 5.75 Å². The molecule has 146 valence electrons. The minimum atomic E-state index is -0.0761. The summed E-state index contributed by atoms with van der Waals surface area (Å²) in [5.74, 6) is 2.13. The van der Waals surface area contributed by atoms with Crippen molar-refractivity contribution in [2.24, 2.45) is 0 Å². The van der Waals surface area contributed by atoms with E-state index in [1.807, 2.05) is 54.0 Å². The Morgan fingerprint density at radius 2 is 1.93 bits per heavy atom. The number of carbonyl (C=O) groups excluding carboxylic acids is 1. The molecule has 3 rings (SSSR count). The Hall–Kier alpha value is -2.80. The molecule has 0 fully saturated rings. The molecule has 6 nitrogen and oxygen atoms in total. The largest absolute Gasteiger partial charge is 0.497 e. The number of methoxy groups -OCH3 is 1. The van der Waals surface area contributed by atoms with Crippen LogP contribution in [0.25, 0.3) is 5.69 Å². The summed E-state index contributed by atoms with van der Waals surface area (Å²) in [4.78, 5) is 12.4. The van der Waals surface area contributed by atoms with E-state index >= 15 is 0 Å². The van der Waals surface area contributed by atoms with Gasteiger partial charge in [-0.25, -0.2) is 0 Å². The number of benzene rings is 2. The van der Waals surface area contributed by atoms with Gasteiger partial charge in [-0.3, -0.25) is 9.36 Å². The van der Waals surface area contributed by atoms with Gasteiger partial charge in [-0.2, -0.15) is 0 Å². The maximum Gasteiger partial charge on any atom is 0.234 e. The van der Waals surface area contributed by atoms with E-state index in [-0.39, 0.29) is 11.7 Å². The molecular formula is C21H24N4O2S. The van der Waals surface area contributed by atoms with E-state index in [9.17, 15) is 4.79 Å². The molecule has 1 N–H and O–H groups in total. The molecule has 0 aliphatic carbocycles. The number of ether oxygens (including phenoxy) is 1. The van der Waals surface area contributed by atoms with Gasteiger partial charge in [0.15, 0.2) is 5.16 Å². The number of thioether (sulfide) groups is 1. The Balaban J connectivity index is 1.68. The number of rotatable bonds is 7. The highest BCUT2D eigenvalue weighted by Crippen LogP contribution is 2.24. The molecule has 3 aromatic rings. The second kappa shape index (κ2) is 8.93. The van der Waals surface area contributed by atoms with Crippen LogP contribution in [0.2, 0.25) is 0 Å². The van der Waals surface area contributed by atoms with Gasteiger partial charge >= 0.3 is 0 Å². The maximum atomic E-state index is 12.4. The Labute approximate surface area is 169 Å². The topological polar surface area (TPSA) is 69.0 Å². The van der Waals surface area contributed by atoms with E-state index < -0.39 is 0 Å². The van der Waals surface area contributed by atoms with Crippen LogP contribution in [-0.2, 0) is 4.79 Å². The molecule has 0 aliphatic rings. The quantitative estimate of drug-likeness (QED) is 0.598. The Morgan fingerprint density at radius 3 is 2.61 bits per heavy atom. The van der Waals surface area contributed by atoms with E-state index in [0.717, 1.165) is 22.9 Å². The summed E-state index contributed by atoms with van der Waals surface area (Å²) >= 11 is 1.36. The lowest BCUT2D eigenvalue weighted by molar-refractivity contribution is -0.113. The molecule has 7 heteroatoms. The molecule has 28 heavy (non-hydrogen) atoms. The standard InChI is InChI=1S/C21H24N4O2S/c1-14(2)16-6-5-7-17(12-16)22-20(26)13-28-21-24-23-15(3)25(21)18-8-10-19(27-4)11-9-18/h5-12,14H,13H2,1-4H3,(H,22,26). The highest BCUT2D eigenvalue weighted by atomic mass is 32.2. The third-order valence-electron chi connectivity index (χ3n) is 4.30. The third kappa shape index (κ3) is 4.72. The molecule has 0 spiro atoms. The van der Waals surface area contributed by atoms with Gasteiger partial charge in [-0.05, 0) is 54.8 Å². The summed E-state index contributed by atoms with van der Waals surface area (Å²) in [6, 6.07) is 15.6. The van der Waals surface area contributed by atoms with Gasteiger partial charge in [0, 0.05) is 11.4 Å². The normalized spacial score (nSPS) is 10.9. The molecule has 0 unspecified atom stereocenters. The Kier molecular flexibility index (Phi) is 6.36. The molecule has 0 aliphatic heterocycles. The first-order valence-electron chi connectivity index (χ1n) is 9.07. The fourth-order valence-corrected chi connectivity index (χ4v) is 3.57. The van der Waals surface area contributed by atoms with E-state index in [4.69, 9.17) is 4.74 Å². The number of hydrogen-bond donors (Lipinski definition) is 1. The van der Waals surface area contributed by atoms with Crippen LogP contribution in [0.1, 0.15) is 31.2 Å². The van der Waals surface area contributed by atoms with Crippen LogP contribution >= 0.6 is 11.8 Å². The molecule has 0 radical (unpaired) electrons. The van der Waals surface area contributed by atoms with Crippen LogP contribution in [0, 0.1) is 6.92 Å². The molecule has 0 atom stereocenters. The van der Waals surface area contributed by atoms with Crippen molar-refractivity contribution < 1.29 is 9.53 Å². The van der Waals surface area contributed by atoms with E-state index in [2.05, 4.69) is 35.4 Å². The summed E-state index contributed by atoms with van der Waals surface area (Å²) in [7, 11) is 1.63. The van der Waals surface area contributed by atoms with Gasteiger partial charge in [-0.1, -0.05) is 37.7 Å². The molecule has 0 saturated heterocycles. The van der Waals surface area contributed by atoms with Crippen molar-refractivity contribution in [3.8, 4) is 11.4 Å². The van der Waals surface area contributed by atoms with Gasteiger partial charge in [0.25, 0.3) is 0 Å². The molecule has 2 aromatic carbocycles. The Morgan fingerprint density at radius 1 is 1.18 bits per heavy atom. The van der Waals surface area contributed by atoms with Gasteiger partial charge in [0.2, 0.25) is 5.91 Å². The number of nitrogens with one attached hydrogen (secondary N) is 1. The van der Waals surface area contributed by atoms with Crippen molar-refractivity contribution in [1.29, 1.82) is 0 Å². The van der Waals surface area contributed by atoms with E-state index in [1.165, 1.54) is 17.3 Å². The van der Waals surface area contributed by atoms with Crippen molar-refractivity contribution in [3.63, 3.8) is 0 Å². The third-order valence-corrected chi connectivity index (χ3v) is 5.22. The van der Waals surface area contributed by atoms with Crippen molar-refractivity contribution >= 4 is 23.4 Å². The number of carbonyl (C=O) groups is 1. The smallest absolute Gasteiger partial charge is 0.234 e. The fourth-order valence-electron chi connectivity index (χ4n) is 2.77. The summed E-state index contributed by atoms with van der Waals surface area (Å²) in [5.41, 5.74) is 2.93. The number of anilines is 1. The average Bonchev–Trinajstić information content (AvgIpc) is 3.07. The molecule has 1 aromatic heterocycles. The van der Waals surface area contributed by atoms with Crippen molar-refractivity contribution in [1.82, 2.24) is 14.8 Å². The first-order valence-corrected chi connectivity index (χ1v) is 10.1. The SMILES string of the molecule is COc1ccc(-n2c(C)nnc2SCC(=O)Nc2cccc(C(C)C)c2)cc1. The first kappa shape index (κ1) is 19.9. The summed E-state index contributed by atoms with van der Waals surface area (Å²) in [6.45, 7) is 6.15. The minimum absolute atomic E-state index is 0.0761. The maximum absolute atomic E-state index is 12.4. The van der Waals surface area contributed by atoms with Crippen LogP contribution in [-0.4, -0.2) is 33.5 Å². The number of nitrogens with zero attached hydrogens (tertiary/aromatic N) is 3. The summed E-state index contributed by atoms with van der Waals surface area (Å²) < 4.78 is 7.13. The zero-order valence-electron chi connectivity index (χ0n) is 16.5. The van der Waals surface area contributed by atoms with Gasteiger partial charge in [0.1, 0.15) is 11.6 Å². The zero-order chi connectivity index (χ0) is 20.1. The number of aryl methyl sites for hydroxylation is 1. The fraction of sp³-hybridized carbons (Fsp3) is 0.286. The molecular weight excluding hydrogens is 372 g/mol. The minimum Gasteiger partial charge on any atom is -0.497 e. The molecule has 0 bridgehead atoms. The van der Waals surface area contributed by atoms with Crippen molar-refractivity contribution in [2.45, 2.75) is 31.8 Å². The Bertz CT molecular complexity index is 951. The lowest BCUT2D eigenvalue weighted by Crippen LogP contribution is -2.14. The van der Waals surface area contributed by atoms with E-state index in [0.29, 0.717) is 11.1 Å². The van der Waals surface area contributed by atoms with Crippen LogP contribution in [0.4, 0.5) is 5.69 Å². The summed E-state index contributed by atoms with van der Waals surface area (Å²) in [5, 5.41) is 12.0. The second-order valence-corrected chi connectivity index (χ2v) is 7.62. The number of aromatic nitrogens is 3. The highest BCUT2D eigenvalue weighted by Gasteiger charge is 2.14. The second-order valence-electron chi connectivity index (χ2n) is 6.68. The van der Waals surface area contributed by atoms with E-state index in [1.54, 1.807) is 7.11 Å². The molecule has 1 heterocycles. The van der Waals surface area contributed by atoms with Crippen LogP contribution < -0.4 is 10.1 Å². The first-order chi connectivity index (χ1) is 13.5. The van der Waals surface area contributed by atoms with Gasteiger partial charge in [-0.15, -0.1) is 10.2 Å². The van der Waals surface area contributed by atoms with Crippen molar-refractivity contribution in [2.75, 3.05) is 18.2 Å². The number of hydrogen-bond acceptors (Lipinski definition) is 5. The number of amides is 1. The summed E-state index contributed by atoms with van der Waals surface area (Å²) in [6.07, 6.45) is 0.